The predicted molar refractivity (Wildman–Crippen MR) is 126 cm³/mol. The van der Waals surface area contributed by atoms with E-state index in [2.05, 4.69) is 9.97 Å². The first-order valence-electron chi connectivity index (χ1n) is 10.2. The number of aryl methyl sites for hydroxylation is 2. The number of ether oxygens (including phenoxy) is 2. The standard InChI is InChI=1S/C24H22N2O6S2/c1-15-16(2)26-23-21(25-15)13-14-22(33(27,28)19-9-5-17(31-3)6-10-19)24(23)34(29,30)20-11-7-18(32-4)8-12-20/h5-14H,1-4H3. The second-order valence-electron chi connectivity index (χ2n) is 7.51. The summed E-state index contributed by atoms with van der Waals surface area (Å²) in [5.41, 5.74) is 1.39. The van der Waals surface area contributed by atoms with Crippen molar-refractivity contribution in [3.63, 3.8) is 0 Å². The molecule has 0 bridgehead atoms. The van der Waals surface area contributed by atoms with Gasteiger partial charge in [0, 0.05) is 0 Å². The van der Waals surface area contributed by atoms with Gasteiger partial charge in [-0.2, -0.15) is 0 Å². The smallest absolute Gasteiger partial charge is 0.210 e. The molecule has 0 radical (unpaired) electrons. The topological polar surface area (TPSA) is 113 Å². The van der Waals surface area contributed by atoms with Gasteiger partial charge in [0.2, 0.25) is 19.7 Å². The van der Waals surface area contributed by atoms with E-state index in [0.29, 0.717) is 22.9 Å². The first kappa shape index (κ1) is 23.7. The molecule has 0 atom stereocenters. The number of methoxy groups -OCH3 is 2. The molecule has 0 aliphatic rings. The van der Waals surface area contributed by atoms with Crippen LogP contribution >= 0.6 is 0 Å². The van der Waals surface area contributed by atoms with Crippen molar-refractivity contribution in [2.45, 2.75) is 33.4 Å². The van der Waals surface area contributed by atoms with E-state index in [9.17, 15) is 16.8 Å². The van der Waals surface area contributed by atoms with Crippen molar-refractivity contribution >= 4 is 30.7 Å². The van der Waals surface area contributed by atoms with Crippen molar-refractivity contribution in [1.29, 1.82) is 0 Å². The van der Waals surface area contributed by atoms with E-state index in [-0.39, 0.29) is 25.7 Å². The molecule has 0 amide bonds. The Labute approximate surface area is 198 Å². The maximum Gasteiger partial charge on any atom is 0.210 e. The van der Waals surface area contributed by atoms with Gasteiger partial charge in [-0.1, -0.05) is 0 Å². The summed E-state index contributed by atoms with van der Waals surface area (Å²) < 4.78 is 65.2. The van der Waals surface area contributed by atoms with Crippen LogP contribution in [0, 0.1) is 13.8 Å². The third-order valence-electron chi connectivity index (χ3n) is 5.46. The Kier molecular flexibility index (Phi) is 6.05. The molecule has 4 rings (SSSR count). The maximum atomic E-state index is 13.8. The van der Waals surface area contributed by atoms with Crippen molar-refractivity contribution in [3.05, 3.63) is 72.1 Å². The largest absolute Gasteiger partial charge is 0.497 e. The lowest BCUT2D eigenvalue weighted by molar-refractivity contribution is 0.414. The quantitative estimate of drug-likeness (QED) is 0.393. The van der Waals surface area contributed by atoms with E-state index in [4.69, 9.17) is 9.47 Å². The zero-order valence-electron chi connectivity index (χ0n) is 18.9. The van der Waals surface area contributed by atoms with E-state index in [1.54, 1.807) is 13.8 Å². The van der Waals surface area contributed by atoms with Crippen LogP contribution in [-0.4, -0.2) is 41.0 Å². The Morgan fingerprint density at radius 1 is 0.618 bits per heavy atom. The molecule has 34 heavy (non-hydrogen) atoms. The van der Waals surface area contributed by atoms with Crippen molar-refractivity contribution < 1.29 is 26.3 Å². The predicted octanol–water partition coefficient (Wildman–Crippen LogP) is 3.93. The van der Waals surface area contributed by atoms with E-state index >= 15 is 0 Å². The number of aromatic nitrogens is 2. The fraction of sp³-hybridized carbons (Fsp3) is 0.167. The molecule has 3 aromatic carbocycles. The second-order valence-corrected chi connectivity index (χ2v) is 11.3. The van der Waals surface area contributed by atoms with Gasteiger partial charge < -0.3 is 9.47 Å². The minimum atomic E-state index is -4.32. The lowest BCUT2D eigenvalue weighted by Gasteiger charge is -2.15. The molecule has 0 spiro atoms. The van der Waals surface area contributed by atoms with Crippen LogP contribution in [0.4, 0.5) is 0 Å². The van der Waals surface area contributed by atoms with Crippen molar-refractivity contribution in [1.82, 2.24) is 9.97 Å². The molecular formula is C24H22N2O6S2. The van der Waals surface area contributed by atoms with Gasteiger partial charge in [-0.05, 0) is 74.5 Å². The van der Waals surface area contributed by atoms with Gasteiger partial charge in [-0.3, -0.25) is 0 Å². The molecule has 0 unspecified atom stereocenters. The SMILES string of the molecule is COc1ccc(S(=O)(=O)c2ccc3nc(C)c(C)nc3c2S(=O)(=O)c2ccc(OC)cc2)cc1. The number of hydrogen-bond acceptors (Lipinski definition) is 8. The first-order chi connectivity index (χ1) is 16.1. The van der Waals surface area contributed by atoms with Crippen LogP contribution in [0.25, 0.3) is 11.0 Å². The van der Waals surface area contributed by atoms with Crippen molar-refractivity contribution in [2.75, 3.05) is 14.2 Å². The average Bonchev–Trinajstić information content (AvgIpc) is 2.84. The van der Waals surface area contributed by atoms with Gasteiger partial charge in [0.1, 0.15) is 21.9 Å². The highest BCUT2D eigenvalue weighted by molar-refractivity contribution is 7.94. The van der Waals surface area contributed by atoms with Crippen LogP contribution in [0.15, 0.2) is 80.2 Å². The van der Waals surface area contributed by atoms with Crippen LogP contribution in [0.5, 0.6) is 11.5 Å². The molecule has 4 aromatic rings. The molecule has 0 aliphatic heterocycles. The highest BCUT2D eigenvalue weighted by Crippen LogP contribution is 2.36. The Hall–Kier alpha value is -3.50. The first-order valence-corrected chi connectivity index (χ1v) is 13.1. The van der Waals surface area contributed by atoms with E-state index in [0.717, 1.165) is 0 Å². The summed E-state index contributed by atoms with van der Waals surface area (Å²) in [7, 11) is -5.62. The maximum absolute atomic E-state index is 13.8. The number of rotatable bonds is 6. The molecular weight excluding hydrogens is 476 g/mol. The van der Waals surface area contributed by atoms with Gasteiger partial charge in [-0.25, -0.2) is 26.8 Å². The van der Waals surface area contributed by atoms with E-state index in [1.165, 1.54) is 74.9 Å². The molecule has 0 fully saturated rings. The molecule has 0 aliphatic carbocycles. The Morgan fingerprint density at radius 2 is 1.09 bits per heavy atom. The summed E-state index contributed by atoms with van der Waals surface area (Å²) in [5, 5.41) is 0. The highest BCUT2D eigenvalue weighted by atomic mass is 32.2. The molecule has 0 saturated carbocycles. The number of hydrogen-bond donors (Lipinski definition) is 0. The monoisotopic (exact) mass is 498 g/mol. The molecule has 0 saturated heterocycles. The van der Waals surface area contributed by atoms with Gasteiger partial charge in [0.25, 0.3) is 0 Å². The van der Waals surface area contributed by atoms with Crippen LogP contribution in [0.3, 0.4) is 0 Å². The second kappa shape index (κ2) is 8.69. The Balaban J connectivity index is 2.06. The number of nitrogens with zero attached hydrogens (tertiary/aromatic N) is 2. The van der Waals surface area contributed by atoms with Gasteiger partial charge in [0.05, 0.1) is 45.8 Å². The van der Waals surface area contributed by atoms with Crippen molar-refractivity contribution in [3.8, 4) is 11.5 Å². The molecule has 10 heteroatoms. The van der Waals surface area contributed by atoms with Crippen LogP contribution in [-0.2, 0) is 19.7 Å². The summed E-state index contributed by atoms with van der Waals surface area (Å²) in [6.07, 6.45) is 0. The molecule has 1 heterocycles. The minimum Gasteiger partial charge on any atom is -0.497 e. The van der Waals surface area contributed by atoms with Crippen LogP contribution in [0.2, 0.25) is 0 Å². The fourth-order valence-corrected chi connectivity index (χ4v) is 6.94. The van der Waals surface area contributed by atoms with Gasteiger partial charge >= 0.3 is 0 Å². The highest BCUT2D eigenvalue weighted by Gasteiger charge is 2.32. The van der Waals surface area contributed by atoms with Crippen molar-refractivity contribution in [2.24, 2.45) is 0 Å². The molecule has 8 nitrogen and oxygen atoms in total. The van der Waals surface area contributed by atoms with E-state index in [1.807, 2.05) is 0 Å². The molecule has 1 aromatic heterocycles. The normalized spacial score (nSPS) is 12.0. The van der Waals surface area contributed by atoms with E-state index < -0.39 is 24.6 Å². The minimum absolute atomic E-state index is 0.00601. The summed E-state index contributed by atoms with van der Waals surface area (Å²) >= 11 is 0. The Bertz CT molecular complexity index is 1600. The zero-order valence-corrected chi connectivity index (χ0v) is 20.6. The summed E-state index contributed by atoms with van der Waals surface area (Å²) in [6, 6.07) is 14.2. The molecule has 176 valence electrons. The third-order valence-corrected chi connectivity index (χ3v) is 9.25. The summed E-state index contributed by atoms with van der Waals surface area (Å²) in [4.78, 5) is 7.92. The number of sulfone groups is 2. The zero-order chi connectivity index (χ0) is 24.7. The van der Waals surface area contributed by atoms with Gasteiger partial charge in [-0.15, -0.1) is 0 Å². The Morgan fingerprint density at radius 3 is 1.59 bits per heavy atom. The molecule has 0 N–H and O–H groups in total. The lowest BCUT2D eigenvalue weighted by Crippen LogP contribution is -2.13. The average molecular weight is 499 g/mol. The van der Waals surface area contributed by atoms with Crippen LogP contribution < -0.4 is 9.47 Å². The summed E-state index contributed by atoms with van der Waals surface area (Å²) in [6.45, 7) is 3.44. The fourth-order valence-electron chi connectivity index (χ4n) is 3.48. The number of benzene rings is 3. The third kappa shape index (κ3) is 3.99. The summed E-state index contributed by atoms with van der Waals surface area (Å²) in [5.74, 6) is 0.940. The van der Waals surface area contributed by atoms with Crippen LogP contribution in [0.1, 0.15) is 11.4 Å². The lowest BCUT2D eigenvalue weighted by atomic mass is 10.2. The van der Waals surface area contributed by atoms with Gasteiger partial charge in [0.15, 0.2) is 0 Å². The number of fused-ring (bicyclic) bond motifs is 1.